The second kappa shape index (κ2) is 3.65. The summed E-state index contributed by atoms with van der Waals surface area (Å²) in [5.41, 5.74) is -1.68. The highest BCUT2D eigenvalue weighted by Crippen LogP contribution is 2.36. The Labute approximate surface area is 94.0 Å². The molecule has 90 valence electrons. The Balaban J connectivity index is 2.64. The molecule has 1 unspecified atom stereocenters. The number of hydrogen-bond acceptors (Lipinski definition) is 2. The van der Waals surface area contributed by atoms with Crippen molar-refractivity contribution in [3.05, 3.63) is 29.1 Å². The average Bonchev–Trinajstić information content (AvgIpc) is 2.21. The lowest BCUT2D eigenvalue weighted by Crippen LogP contribution is -2.18. The smallest absolute Gasteiger partial charge is 0.293 e. The number of halogens is 4. The molecule has 1 aromatic carbocycles. The van der Waals surface area contributed by atoms with Gasteiger partial charge >= 0.3 is 6.18 Å². The second-order valence-electron chi connectivity index (χ2n) is 3.78. The molecule has 0 radical (unpaired) electrons. The van der Waals surface area contributed by atoms with Crippen molar-refractivity contribution in [3.8, 4) is 0 Å². The lowest BCUT2D eigenvalue weighted by molar-refractivity contribution is -0.140. The first-order valence-electron chi connectivity index (χ1n) is 4.80. The fraction of sp³-hybridized carbons (Fsp3) is 0.273. The topological polar surface area (TPSA) is 29.4 Å². The highest BCUT2D eigenvalue weighted by Gasteiger charge is 2.36. The van der Waals surface area contributed by atoms with Gasteiger partial charge in [-0.3, -0.25) is 9.79 Å². The Hall–Kier alpha value is -1.72. The normalized spacial score (nSPS) is 19.4. The number of nitrogens with zero attached hydrogens (tertiary/aromatic N) is 1. The van der Waals surface area contributed by atoms with Crippen molar-refractivity contribution in [2.24, 2.45) is 10.9 Å². The van der Waals surface area contributed by atoms with E-state index in [0.29, 0.717) is 12.1 Å². The second-order valence-corrected chi connectivity index (χ2v) is 3.78. The van der Waals surface area contributed by atoms with Crippen LogP contribution in [-0.2, 0) is 6.18 Å². The Bertz CT molecular complexity index is 519. The van der Waals surface area contributed by atoms with Gasteiger partial charge in [-0.05, 0) is 6.07 Å². The summed E-state index contributed by atoms with van der Waals surface area (Å²) in [5.74, 6) is -2.50. The zero-order valence-corrected chi connectivity index (χ0v) is 8.68. The fourth-order valence-corrected chi connectivity index (χ4v) is 1.59. The number of aliphatic imine (C=N–C) groups is 1. The minimum absolute atomic E-state index is 0.0569. The molecule has 1 aromatic rings. The van der Waals surface area contributed by atoms with Crippen LogP contribution in [0.2, 0.25) is 0 Å². The predicted molar refractivity (Wildman–Crippen MR) is 53.0 cm³/mol. The fourth-order valence-electron chi connectivity index (χ4n) is 1.59. The number of benzene rings is 1. The van der Waals surface area contributed by atoms with Crippen molar-refractivity contribution >= 4 is 17.7 Å². The molecule has 1 heterocycles. The number of hydrogen-bond donors (Lipinski definition) is 0. The molecule has 6 heteroatoms. The van der Waals surface area contributed by atoms with E-state index in [1.54, 1.807) is 0 Å². The van der Waals surface area contributed by atoms with Gasteiger partial charge < -0.3 is 0 Å². The third-order valence-electron chi connectivity index (χ3n) is 2.51. The molecule has 2 rings (SSSR count). The van der Waals surface area contributed by atoms with Crippen molar-refractivity contribution < 1.29 is 22.4 Å². The van der Waals surface area contributed by atoms with Crippen LogP contribution in [0.15, 0.2) is 17.1 Å². The van der Waals surface area contributed by atoms with Crippen LogP contribution in [0, 0.1) is 11.7 Å². The summed E-state index contributed by atoms with van der Waals surface area (Å²) >= 11 is 0. The van der Waals surface area contributed by atoms with Gasteiger partial charge in [-0.15, -0.1) is 0 Å². The van der Waals surface area contributed by atoms with E-state index in [0.717, 1.165) is 0 Å². The van der Waals surface area contributed by atoms with E-state index in [-0.39, 0.29) is 11.3 Å². The minimum atomic E-state index is -4.82. The summed E-state index contributed by atoms with van der Waals surface area (Å²) in [6, 6.07) is 1.17. The molecule has 0 fully saturated rings. The molecule has 0 saturated heterocycles. The Morgan fingerprint density at radius 1 is 1.29 bits per heavy atom. The highest BCUT2D eigenvalue weighted by atomic mass is 19.4. The predicted octanol–water partition coefficient (Wildman–Crippen LogP) is 3.38. The van der Waals surface area contributed by atoms with Gasteiger partial charge in [0, 0.05) is 17.8 Å². The van der Waals surface area contributed by atoms with Crippen LogP contribution in [-0.4, -0.2) is 12.0 Å². The Morgan fingerprint density at radius 3 is 2.53 bits per heavy atom. The molecule has 1 aliphatic rings. The van der Waals surface area contributed by atoms with Gasteiger partial charge in [0.15, 0.2) is 5.78 Å². The molecular weight excluding hydrogens is 238 g/mol. The van der Waals surface area contributed by atoms with Gasteiger partial charge in [0.2, 0.25) is 0 Å². The maximum absolute atomic E-state index is 13.2. The summed E-state index contributed by atoms with van der Waals surface area (Å²) in [7, 11) is 0. The molecule has 2 nitrogen and oxygen atoms in total. The molecule has 1 aliphatic heterocycles. The van der Waals surface area contributed by atoms with Gasteiger partial charge in [0.05, 0.1) is 17.2 Å². The van der Waals surface area contributed by atoms with Crippen LogP contribution in [0.5, 0.6) is 0 Å². The van der Waals surface area contributed by atoms with Crippen molar-refractivity contribution in [1.82, 2.24) is 0 Å². The van der Waals surface area contributed by atoms with Gasteiger partial charge in [-0.25, -0.2) is 4.39 Å². The number of ketones is 1. The maximum atomic E-state index is 13.2. The molecule has 1 atom stereocenters. The van der Waals surface area contributed by atoms with Crippen molar-refractivity contribution in [2.45, 2.75) is 13.1 Å². The molecule has 0 amide bonds. The van der Waals surface area contributed by atoms with E-state index in [1.165, 1.54) is 13.1 Å². The van der Waals surface area contributed by atoms with Crippen LogP contribution in [0.4, 0.5) is 23.2 Å². The minimum Gasteiger partial charge on any atom is -0.293 e. The maximum Gasteiger partial charge on any atom is 0.419 e. The zero-order chi connectivity index (χ0) is 12.8. The number of carbonyl (C=O) groups excluding carboxylic acids is 1. The lowest BCUT2D eigenvalue weighted by Gasteiger charge is -2.16. The summed E-state index contributed by atoms with van der Waals surface area (Å²) in [5, 5.41) is 0. The third kappa shape index (κ3) is 1.94. The zero-order valence-electron chi connectivity index (χ0n) is 8.68. The molecule has 0 bridgehead atoms. The molecule has 0 saturated carbocycles. The van der Waals surface area contributed by atoms with Crippen molar-refractivity contribution in [3.63, 3.8) is 0 Å². The van der Waals surface area contributed by atoms with Gasteiger partial charge in [0.1, 0.15) is 5.82 Å². The number of rotatable bonds is 0. The van der Waals surface area contributed by atoms with E-state index in [2.05, 4.69) is 4.99 Å². The van der Waals surface area contributed by atoms with E-state index >= 15 is 0 Å². The van der Waals surface area contributed by atoms with Crippen LogP contribution in [0.3, 0.4) is 0 Å². The van der Waals surface area contributed by atoms with Crippen molar-refractivity contribution in [1.29, 1.82) is 0 Å². The Morgan fingerprint density at radius 2 is 1.94 bits per heavy atom. The Kier molecular flexibility index (Phi) is 2.52. The van der Waals surface area contributed by atoms with Crippen LogP contribution in [0.25, 0.3) is 0 Å². The monoisotopic (exact) mass is 245 g/mol. The number of carbonyl (C=O) groups is 1. The van der Waals surface area contributed by atoms with E-state index in [1.807, 2.05) is 0 Å². The van der Waals surface area contributed by atoms with Gasteiger partial charge in [-0.1, -0.05) is 6.92 Å². The lowest BCUT2D eigenvalue weighted by atomic mass is 9.94. The van der Waals surface area contributed by atoms with Crippen LogP contribution < -0.4 is 0 Å². The largest absolute Gasteiger partial charge is 0.419 e. The van der Waals surface area contributed by atoms with E-state index in [4.69, 9.17) is 0 Å². The molecule has 0 N–H and O–H groups in total. The molecule has 0 spiro atoms. The molecule has 0 aliphatic carbocycles. The molecule has 0 aromatic heterocycles. The standard InChI is InChI=1S/C11H7F4NO/c1-5-4-16-9-3-8(12)7(11(13,14)15)2-6(9)10(5)17/h2-5H,1H3. The first-order valence-corrected chi connectivity index (χ1v) is 4.80. The SMILES string of the molecule is CC1C=Nc2cc(F)c(C(F)(F)F)cc2C1=O. The third-order valence-corrected chi connectivity index (χ3v) is 2.51. The number of Topliss-reactive ketones (excluding diaryl/α,β-unsaturated/α-hetero) is 1. The van der Waals surface area contributed by atoms with E-state index in [9.17, 15) is 22.4 Å². The summed E-state index contributed by atoms with van der Waals surface area (Å²) in [6.45, 7) is 1.52. The number of alkyl halides is 3. The average molecular weight is 245 g/mol. The van der Waals surface area contributed by atoms with Gasteiger partial charge in [-0.2, -0.15) is 13.2 Å². The first-order chi connectivity index (χ1) is 7.80. The van der Waals surface area contributed by atoms with E-state index < -0.39 is 29.3 Å². The highest BCUT2D eigenvalue weighted by molar-refractivity contribution is 6.12. The summed E-state index contributed by atoms with van der Waals surface area (Å²) in [6.07, 6.45) is -3.53. The summed E-state index contributed by atoms with van der Waals surface area (Å²) in [4.78, 5) is 15.4. The summed E-state index contributed by atoms with van der Waals surface area (Å²) < 4.78 is 50.6. The quantitative estimate of drug-likeness (QED) is 0.644. The van der Waals surface area contributed by atoms with Gasteiger partial charge in [0.25, 0.3) is 0 Å². The molecular formula is C11H7F4NO. The first kappa shape index (κ1) is 11.8. The molecule has 17 heavy (non-hydrogen) atoms. The van der Waals surface area contributed by atoms with Crippen LogP contribution in [0.1, 0.15) is 22.8 Å². The van der Waals surface area contributed by atoms with Crippen molar-refractivity contribution in [2.75, 3.05) is 0 Å². The van der Waals surface area contributed by atoms with Crippen LogP contribution >= 0.6 is 0 Å². The number of fused-ring (bicyclic) bond motifs is 1.